The molecule has 0 unspecified atom stereocenters. The van der Waals surface area contributed by atoms with E-state index in [4.69, 9.17) is 0 Å². The predicted molar refractivity (Wildman–Crippen MR) is 63.5 cm³/mol. The highest BCUT2D eigenvalue weighted by molar-refractivity contribution is 5.89. The molecule has 15 heavy (non-hydrogen) atoms. The van der Waals surface area contributed by atoms with Crippen LogP contribution in [0.5, 0.6) is 0 Å². The Morgan fingerprint density at radius 1 is 1.47 bits per heavy atom. The normalized spacial score (nSPS) is 9.47. The molecule has 0 spiro atoms. The number of rotatable bonds is 3. The van der Waals surface area contributed by atoms with Gasteiger partial charge in [-0.15, -0.1) is 0 Å². The Kier molecular flexibility index (Phi) is 3.39. The number of aryl methyl sites for hydroxylation is 1. The van der Waals surface area contributed by atoms with Crippen molar-refractivity contribution in [2.24, 2.45) is 0 Å². The Bertz CT molecular complexity index is 422. The molecule has 3 heteroatoms. The number of amides is 1. The smallest absolute Gasteiger partial charge is 0.221 e. The van der Waals surface area contributed by atoms with Crippen molar-refractivity contribution in [3.8, 4) is 0 Å². The van der Waals surface area contributed by atoms with Gasteiger partial charge >= 0.3 is 0 Å². The third-order valence-electron chi connectivity index (χ3n) is 2.00. The van der Waals surface area contributed by atoms with E-state index in [0.29, 0.717) is 5.69 Å². The van der Waals surface area contributed by atoms with Crippen LogP contribution in [0.1, 0.15) is 23.9 Å². The van der Waals surface area contributed by atoms with Crippen LogP contribution < -0.4 is 5.32 Å². The van der Waals surface area contributed by atoms with Gasteiger partial charge in [-0.05, 0) is 19.1 Å². The van der Waals surface area contributed by atoms with Crippen LogP contribution in [0.2, 0.25) is 0 Å². The molecule has 0 atom stereocenters. The van der Waals surface area contributed by atoms with Crippen molar-refractivity contribution in [3.63, 3.8) is 0 Å². The lowest BCUT2D eigenvalue weighted by molar-refractivity contribution is -0.114. The number of pyridine rings is 1. The van der Waals surface area contributed by atoms with Gasteiger partial charge in [-0.2, -0.15) is 0 Å². The van der Waals surface area contributed by atoms with Crippen LogP contribution in [0.15, 0.2) is 19.2 Å². The molecule has 1 rings (SSSR count). The van der Waals surface area contributed by atoms with E-state index in [1.807, 2.05) is 13.0 Å². The number of hydrogen-bond donors (Lipinski definition) is 1. The highest BCUT2D eigenvalue weighted by Gasteiger charge is 2.05. The second-order valence-corrected chi connectivity index (χ2v) is 3.19. The maximum atomic E-state index is 10.9. The van der Waals surface area contributed by atoms with Crippen molar-refractivity contribution in [2.45, 2.75) is 13.8 Å². The van der Waals surface area contributed by atoms with Crippen molar-refractivity contribution in [1.29, 1.82) is 0 Å². The van der Waals surface area contributed by atoms with Gasteiger partial charge < -0.3 is 5.32 Å². The zero-order valence-corrected chi connectivity index (χ0v) is 9.00. The molecule has 0 saturated carbocycles. The molecule has 1 amide bonds. The van der Waals surface area contributed by atoms with Gasteiger partial charge in [0.05, 0.1) is 17.1 Å². The summed E-state index contributed by atoms with van der Waals surface area (Å²) in [6, 6.07) is 1.84. The van der Waals surface area contributed by atoms with Crippen molar-refractivity contribution in [2.75, 3.05) is 5.32 Å². The molecule has 1 aromatic rings. The molecule has 78 valence electrons. The lowest BCUT2D eigenvalue weighted by Crippen LogP contribution is -2.08. The first-order valence-corrected chi connectivity index (χ1v) is 4.62. The third-order valence-corrected chi connectivity index (χ3v) is 2.00. The van der Waals surface area contributed by atoms with Crippen LogP contribution >= 0.6 is 0 Å². The van der Waals surface area contributed by atoms with Crippen LogP contribution in [0, 0.1) is 6.92 Å². The number of carbonyl (C=O) groups is 1. The van der Waals surface area contributed by atoms with Crippen molar-refractivity contribution < 1.29 is 4.79 Å². The fourth-order valence-corrected chi connectivity index (χ4v) is 1.28. The van der Waals surface area contributed by atoms with Gasteiger partial charge in [-0.1, -0.05) is 19.2 Å². The summed E-state index contributed by atoms with van der Waals surface area (Å²) >= 11 is 0. The molecule has 0 aromatic carbocycles. The average molecular weight is 202 g/mol. The summed E-state index contributed by atoms with van der Waals surface area (Å²) in [7, 11) is 0. The first-order valence-electron chi connectivity index (χ1n) is 4.62. The van der Waals surface area contributed by atoms with Gasteiger partial charge in [-0.25, -0.2) is 0 Å². The summed E-state index contributed by atoms with van der Waals surface area (Å²) in [6.07, 6.45) is 3.36. The van der Waals surface area contributed by atoms with Gasteiger partial charge in [-0.3, -0.25) is 9.78 Å². The molecule has 1 N–H and O–H groups in total. The first-order chi connectivity index (χ1) is 7.08. The number of carbonyl (C=O) groups excluding carboxylic acids is 1. The van der Waals surface area contributed by atoms with Crippen LogP contribution in [0.4, 0.5) is 5.69 Å². The van der Waals surface area contributed by atoms with Crippen molar-refractivity contribution >= 4 is 23.7 Å². The zero-order chi connectivity index (χ0) is 11.4. The highest BCUT2D eigenvalue weighted by Crippen LogP contribution is 2.19. The largest absolute Gasteiger partial charge is 0.325 e. The van der Waals surface area contributed by atoms with E-state index < -0.39 is 0 Å². The summed E-state index contributed by atoms with van der Waals surface area (Å²) in [5.74, 6) is -0.110. The summed E-state index contributed by atoms with van der Waals surface area (Å²) in [5, 5.41) is 2.72. The number of hydrogen-bond acceptors (Lipinski definition) is 2. The summed E-state index contributed by atoms with van der Waals surface area (Å²) in [4.78, 5) is 15.2. The van der Waals surface area contributed by atoms with Crippen LogP contribution in [0.25, 0.3) is 12.2 Å². The van der Waals surface area contributed by atoms with E-state index in [0.717, 1.165) is 17.0 Å². The Labute approximate surface area is 89.5 Å². The molecular formula is C12H14N2O. The zero-order valence-electron chi connectivity index (χ0n) is 9.00. The van der Waals surface area contributed by atoms with Crippen LogP contribution in [0.3, 0.4) is 0 Å². The standard InChI is InChI=1S/C12H14N2O/c1-5-10-7-12(14-9(4)15)8(3)13-11(10)6-2/h5-7H,1-2H2,3-4H3,(H,14,15). The summed E-state index contributed by atoms with van der Waals surface area (Å²) < 4.78 is 0. The number of aromatic nitrogens is 1. The maximum Gasteiger partial charge on any atom is 0.221 e. The lowest BCUT2D eigenvalue weighted by atomic mass is 10.1. The minimum Gasteiger partial charge on any atom is -0.325 e. The van der Waals surface area contributed by atoms with E-state index >= 15 is 0 Å². The van der Waals surface area contributed by atoms with E-state index in [9.17, 15) is 4.79 Å². The van der Waals surface area contributed by atoms with Crippen LogP contribution in [-0.2, 0) is 4.79 Å². The van der Waals surface area contributed by atoms with Crippen LogP contribution in [-0.4, -0.2) is 10.9 Å². The molecule has 0 fully saturated rings. The van der Waals surface area contributed by atoms with Crippen molar-refractivity contribution in [3.05, 3.63) is 36.2 Å². The Morgan fingerprint density at radius 2 is 2.13 bits per heavy atom. The average Bonchev–Trinajstić information content (AvgIpc) is 2.19. The monoisotopic (exact) mass is 202 g/mol. The molecule has 0 bridgehead atoms. The molecule has 1 heterocycles. The quantitative estimate of drug-likeness (QED) is 0.818. The van der Waals surface area contributed by atoms with Gasteiger partial charge in [0.15, 0.2) is 0 Å². The molecule has 0 aliphatic rings. The first kappa shape index (κ1) is 11.2. The minimum atomic E-state index is -0.110. The second kappa shape index (κ2) is 4.55. The summed E-state index contributed by atoms with van der Waals surface area (Å²) in [5.41, 5.74) is 3.12. The molecular weight excluding hydrogens is 188 g/mol. The maximum absolute atomic E-state index is 10.9. The van der Waals surface area contributed by atoms with Gasteiger partial charge in [0.1, 0.15) is 0 Å². The molecule has 0 radical (unpaired) electrons. The van der Waals surface area contributed by atoms with Gasteiger partial charge in [0.25, 0.3) is 0 Å². The van der Waals surface area contributed by atoms with E-state index in [2.05, 4.69) is 23.5 Å². The molecule has 0 saturated heterocycles. The number of nitrogens with zero attached hydrogens (tertiary/aromatic N) is 1. The SMILES string of the molecule is C=Cc1cc(NC(C)=O)c(C)nc1C=C. The van der Waals surface area contributed by atoms with Gasteiger partial charge in [0.2, 0.25) is 5.91 Å². The third kappa shape index (κ3) is 2.53. The molecule has 1 aromatic heterocycles. The lowest BCUT2D eigenvalue weighted by Gasteiger charge is -2.09. The minimum absolute atomic E-state index is 0.110. The van der Waals surface area contributed by atoms with Gasteiger partial charge in [0, 0.05) is 12.5 Å². The van der Waals surface area contributed by atoms with E-state index in [1.165, 1.54) is 6.92 Å². The number of anilines is 1. The second-order valence-electron chi connectivity index (χ2n) is 3.19. The summed E-state index contributed by atoms with van der Waals surface area (Å²) in [6.45, 7) is 10.7. The Morgan fingerprint density at radius 3 is 2.60 bits per heavy atom. The molecule has 0 aliphatic heterocycles. The van der Waals surface area contributed by atoms with Crippen molar-refractivity contribution in [1.82, 2.24) is 4.98 Å². The fraction of sp³-hybridized carbons (Fsp3) is 0.167. The highest BCUT2D eigenvalue weighted by atomic mass is 16.1. The Balaban J connectivity index is 3.24. The molecule has 3 nitrogen and oxygen atoms in total. The fourth-order valence-electron chi connectivity index (χ4n) is 1.28. The predicted octanol–water partition coefficient (Wildman–Crippen LogP) is 2.63. The van der Waals surface area contributed by atoms with E-state index in [-0.39, 0.29) is 5.91 Å². The topological polar surface area (TPSA) is 42.0 Å². The molecule has 0 aliphatic carbocycles. The van der Waals surface area contributed by atoms with E-state index in [1.54, 1.807) is 12.2 Å². The number of nitrogens with one attached hydrogen (secondary N) is 1. The Hall–Kier alpha value is -1.90.